The van der Waals surface area contributed by atoms with E-state index < -0.39 is 11.7 Å². The van der Waals surface area contributed by atoms with Crippen LogP contribution >= 0.6 is 0 Å². The molecule has 2 aromatic rings. The summed E-state index contributed by atoms with van der Waals surface area (Å²) in [6.07, 6.45) is 0.889. The first kappa shape index (κ1) is 21.8. The molecular formula is C24H30N2O4. The number of carbonyl (C=O) groups is 2. The van der Waals surface area contributed by atoms with Crippen molar-refractivity contribution in [2.24, 2.45) is 0 Å². The predicted octanol–water partition coefficient (Wildman–Crippen LogP) is 5.22. The summed E-state index contributed by atoms with van der Waals surface area (Å²) in [6.45, 7) is 9.32. The Hall–Kier alpha value is -2.86. The van der Waals surface area contributed by atoms with Gasteiger partial charge in [0.1, 0.15) is 6.61 Å². The number of hydrogen-bond donors (Lipinski definition) is 1. The summed E-state index contributed by atoms with van der Waals surface area (Å²) in [5.74, 6) is -0.151. The van der Waals surface area contributed by atoms with Crippen LogP contribution in [0.4, 0.5) is 21.9 Å². The molecular weight excluding hydrogens is 380 g/mol. The number of para-hydroxylation sites is 1. The maximum atomic E-state index is 13.3. The SMILES string of the molecule is CC(C)OC(=O)Nc1ccc2c(c1)N(C(=O)COC(C)(C)C)c1ccccc1CC2. The number of hydrogen-bond acceptors (Lipinski definition) is 4. The van der Waals surface area contributed by atoms with Crippen LogP contribution in [0.25, 0.3) is 0 Å². The molecule has 0 aromatic heterocycles. The van der Waals surface area contributed by atoms with E-state index >= 15 is 0 Å². The first-order valence-corrected chi connectivity index (χ1v) is 10.3. The quantitative estimate of drug-likeness (QED) is 0.750. The number of rotatable bonds is 4. The van der Waals surface area contributed by atoms with Crippen molar-refractivity contribution in [2.75, 3.05) is 16.8 Å². The fraction of sp³-hybridized carbons (Fsp3) is 0.417. The van der Waals surface area contributed by atoms with Gasteiger partial charge in [0, 0.05) is 5.69 Å². The predicted molar refractivity (Wildman–Crippen MR) is 118 cm³/mol. The summed E-state index contributed by atoms with van der Waals surface area (Å²) < 4.78 is 11.0. The lowest BCUT2D eigenvalue weighted by Gasteiger charge is -2.27. The van der Waals surface area contributed by atoms with E-state index in [0.29, 0.717) is 5.69 Å². The largest absolute Gasteiger partial charge is 0.447 e. The highest BCUT2D eigenvalue weighted by atomic mass is 16.6. The zero-order chi connectivity index (χ0) is 21.9. The van der Waals surface area contributed by atoms with Gasteiger partial charge in [-0.05, 0) is 76.8 Å². The van der Waals surface area contributed by atoms with Gasteiger partial charge in [0.15, 0.2) is 0 Å². The molecule has 30 heavy (non-hydrogen) atoms. The molecule has 0 atom stereocenters. The summed E-state index contributed by atoms with van der Waals surface area (Å²) in [6, 6.07) is 13.5. The van der Waals surface area contributed by atoms with Gasteiger partial charge in [-0.25, -0.2) is 4.79 Å². The second kappa shape index (κ2) is 8.88. The highest BCUT2D eigenvalue weighted by Gasteiger charge is 2.27. The Balaban J connectivity index is 1.99. The Morgan fingerprint density at radius 3 is 2.37 bits per heavy atom. The van der Waals surface area contributed by atoms with E-state index in [-0.39, 0.29) is 18.6 Å². The molecule has 2 aromatic carbocycles. The molecule has 0 saturated carbocycles. The number of aryl methyl sites for hydroxylation is 2. The third-order valence-electron chi connectivity index (χ3n) is 4.69. The van der Waals surface area contributed by atoms with Crippen LogP contribution < -0.4 is 10.2 Å². The van der Waals surface area contributed by atoms with Gasteiger partial charge in [-0.3, -0.25) is 15.0 Å². The van der Waals surface area contributed by atoms with Crippen molar-refractivity contribution in [3.63, 3.8) is 0 Å². The molecule has 1 aliphatic rings. The van der Waals surface area contributed by atoms with Crippen LogP contribution in [-0.4, -0.2) is 30.3 Å². The van der Waals surface area contributed by atoms with Crippen LogP contribution in [0.1, 0.15) is 45.7 Å². The van der Waals surface area contributed by atoms with Crippen LogP contribution in [0.15, 0.2) is 42.5 Å². The minimum absolute atomic E-state index is 0.0374. The fourth-order valence-electron chi connectivity index (χ4n) is 3.37. The van der Waals surface area contributed by atoms with E-state index in [1.807, 2.05) is 63.2 Å². The molecule has 0 saturated heterocycles. The van der Waals surface area contributed by atoms with E-state index in [4.69, 9.17) is 9.47 Å². The zero-order valence-corrected chi connectivity index (χ0v) is 18.3. The molecule has 0 spiro atoms. The molecule has 1 N–H and O–H groups in total. The minimum Gasteiger partial charge on any atom is -0.447 e. The average Bonchev–Trinajstić information content (AvgIpc) is 2.81. The number of nitrogens with one attached hydrogen (secondary N) is 1. The van der Waals surface area contributed by atoms with Gasteiger partial charge in [0.25, 0.3) is 5.91 Å². The average molecular weight is 411 g/mol. The lowest BCUT2D eigenvalue weighted by molar-refractivity contribution is -0.127. The molecule has 0 bridgehead atoms. The summed E-state index contributed by atoms with van der Waals surface area (Å²) in [7, 11) is 0. The Labute approximate surface area is 178 Å². The second-order valence-electron chi connectivity index (χ2n) is 8.68. The van der Waals surface area contributed by atoms with E-state index in [2.05, 4.69) is 5.32 Å². The van der Waals surface area contributed by atoms with Gasteiger partial charge in [0.05, 0.1) is 23.1 Å². The lowest BCUT2D eigenvalue weighted by atomic mass is 10.0. The number of amides is 2. The van der Waals surface area contributed by atoms with Crippen molar-refractivity contribution in [1.29, 1.82) is 0 Å². The van der Waals surface area contributed by atoms with Gasteiger partial charge in [-0.15, -0.1) is 0 Å². The van der Waals surface area contributed by atoms with Crippen LogP contribution in [0, 0.1) is 0 Å². The molecule has 0 radical (unpaired) electrons. The first-order chi connectivity index (χ1) is 14.1. The number of carbonyl (C=O) groups excluding carboxylic acids is 2. The Kier molecular flexibility index (Phi) is 6.46. The number of benzene rings is 2. The van der Waals surface area contributed by atoms with Crippen molar-refractivity contribution in [3.05, 3.63) is 53.6 Å². The molecule has 0 fully saturated rings. The summed E-state index contributed by atoms with van der Waals surface area (Å²) in [5, 5.41) is 2.75. The molecule has 3 rings (SSSR count). The number of fused-ring (bicyclic) bond motifs is 2. The van der Waals surface area contributed by atoms with E-state index in [1.165, 1.54) is 0 Å². The molecule has 6 nitrogen and oxygen atoms in total. The van der Waals surface area contributed by atoms with Crippen molar-refractivity contribution in [1.82, 2.24) is 0 Å². The van der Waals surface area contributed by atoms with E-state index in [0.717, 1.165) is 35.3 Å². The van der Waals surface area contributed by atoms with Crippen molar-refractivity contribution in [2.45, 2.75) is 59.2 Å². The molecule has 1 aliphatic heterocycles. The van der Waals surface area contributed by atoms with E-state index in [1.54, 1.807) is 18.7 Å². The van der Waals surface area contributed by atoms with Crippen LogP contribution in [0.2, 0.25) is 0 Å². The molecule has 160 valence electrons. The molecule has 1 heterocycles. The van der Waals surface area contributed by atoms with Gasteiger partial charge in [-0.2, -0.15) is 0 Å². The van der Waals surface area contributed by atoms with Gasteiger partial charge in [-0.1, -0.05) is 24.3 Å². The minimum atomic E-state index is -0.520. The highest BCUT2D eigenvalue weighted by Crippen LogP contribution is 2.37. The maximum absolute atomic E-state index is 13.3. The van der Waals surface area contributed by atoms with Crippen molar-refractivity contribution >= 4 is 29.1 Å². The first-order valence-electron chi connectivity index (χ1n) is 10.3. The Bertz CT molecular complexity index is 931. The molecule has 6 heteroatoms. The summed E-state index contributed by atoms with van der Waals surface area (Å²) in [4.78, 5) is 27.1. The zero-order valence-electron chi connectivity index (χ0n) is 18.3. The lowest BCUT2D eigenvalue weighted by Crippen LogP contribution is -2.34. The van der Waals surface area contributed by atoms with E-state index in [9.17, 15) is 9.59 Å². The van der Waals surface area contributed by atoms with Gasteiger partial charge in [0.2, 0.25) is 0 Å². The fourth-order valence-corrected chi connectivity index (χ4v) is 3.37. The smallest absolute Gasteiger partial charge is 0.411 e. The summed E-state index contributed by atoms with van der Waals surface area (Å²) >= 11 is 0. The number of nitrogens with zero attached hydrogens (tertiary/aromatic N) is 1. The van der Waals surface area contributed by atoms with Crippen LogP contribution in [0.3, 0.4) is 0 Å². The van der Waals surface area contributed by atoms with Crippen LogP contribution in [0.5, 0.6) is 0 Å². The van der Waals surface area contributed by atoms with Gasteiger partial charge < -0.3 is 9.47 Å². The third-order valence-corrected chi connectivity index (χ3v) is 4.69. The highest BCUT2D eigenvalue weighted by molar-refractivity contribution is 6.03. The Morgan fingerprint density at radius 2 is 1.70 bits per heavy atom. The Morgan fingerprint density at radius 1 is 1.03 bits per heavy atom. The standard InChI is InChI=1S/C24H30N2O4/c1-16(2)30-23(28)25-19-13-12-18-11-10-17-8-6-7-9-20(17)26(21(18)14-19)22(27)15-29-24(3,4)5/h6-9,12-14,16H,10-11,15H2,1-5H3,(H,25,28). The number of anilines is 3. The monoisotopic (exact) mass is 410 g/mol. The normalized spacial score (nSPS) is 13.3. The van der Waals surface area contributed by atoms with Crippen molar-refractivity contribution in [3.8, 4) is 0 Å². The maximum Gasteiger partial charge on any atom is 0.411 e. The topological polar surface area (TPSA) is 67.9 Å². The van der Waals surface area contributed by atoms with Crippen molar-refractivity contribution < 1.29 is 19.1 Å². The molecule has 0 aliphatic carbocycles. The molecule has 2 amide bonds. The summed E-state index contributed by atoms with van der Waals surface area (Å²) in [5.41, 5.74) is 3.90. The number of ether oxygens (including phenoxy) is 2. The van der Waals surface area contributed by atoms with Crippen LogP contribution in [-0.2, 0) is 27.1 Å². The third kappa shape index (κ3) is 5.39. The molecule has 0 unspecified atom stereocenters. The second-order valence-corrected chi connectivity index (χ2v) is 8.68. The van der Waals surface area contributed by atoms with Gasteiger partial charge >= 0.3 is 6.09 Å².